The molecule has 2 rings (SSSR count). The van der Waals surface area contributed by atoms with Crippen molar-refractivity contribution in [3.8, 4) is 0 Å². The van der Waals surface area contributed by atoms with E-state index in [9.17, 15) is 8.42 Å². The molecule has 108 valence electrons. The van der Waals surface area contributed by atoms with Gasteiger partial charge in [-0.1, -0.05) is 6.07 Å². The zero-order valence-corrected chi connectivity index (χ0v) is 14.5. The molecule has 0 aliphatic rings. The Morgan fingerprint density at radius 3 is 2.35 bits per heavy atom. The fraction of sp³-hybridized carbons (Fsp3) is 0.231. The molecule has 3 N–H and O–H groups in total. The number of aryl methyl sites for hydroxylation is 3. The number of thiophene rings is 1. The summed E-state index contributed by atoms with van der Waals surface area (Å²) in [5.41, 5.74) is 8.69. The van der Waals surface area contributed by atoms with E-state index in [1.54, 1.807) is 19.1 Å². The average Bonchev–Trinajstić information content (AvgIpc) is 2.66. The lowest BCUT2D eigenvalue weighted by Crippen LogP contribution is -2.14. The third kappa shape index (κ3) is 2.99. The summed E-state index contributed by atoms with van der Waals surface area (Å²) in [6, 6.07) is 5.12. The largest absolute Gasteiger partial charge is 0.398 e. The van der Waals surface area contributed by atoms with Gasteiger partial charge in [0.1, 0.15) is 4.90 Å². The molecule has 0 bridgehead atoms. The maximum Gasteiger partial charge on any atom is 0.263 e. The van der Waals surface area contributed by atoms with Gasteiger partial charge < -0.3 is 5.73 Å². The summed E-state index contributed by atoms with van der Waals surface area (Å²) in [5, 5.41) is 0. The number of nitrogen functional groups attached to an aromatic ring is 1. The topological polar surface area (TPSA) is 72.2 Å². The van der Waals surface area contributed by atoms with Gasteiger partial charge in [-0.05, 0) is 60.0 Å². The van der Waals surface area contributed by atoms with Crippen molar-refractivity contribution in [2.75, 3.05) is 10.5 Å². The van der Waals surface area contributed by atoms with E-state index >= 15 is 0 Å². The molecule has 0 saturated heterocycles. The normalized spacial score (nSPS) is 11.6. The SMILES string of the molecule is Cc1cc(C)c(NS(=O)(=O)c2cc(Br)sc2C)cc1N. The van der Waals surface area contributed by atoms with E-state index in [0.29, 0.717) is 11.4 Å². The second-order valence-corrected chi connectivity index (χ2v) is 8.89. The van der Waals surface area contributed by atoms with E-state index in [1.165, 1.54) is 11.3 Å². The van der Waals surface area contributed by atoms with E-state index in [1.807, 2.05) is 19.9 Å². The molecule has 0 aliphatic carbocycles. The molecular formula is C13H15BrN2O2S2. The van der Waals surface area contributed by atoms with Crippen LogP contribution in [0.25, 0.3) is 0 Å². The Morgan fingerprint density at radius 2 is 1.80 bits per heavy atom. The van der Waals surface area contributed by atoms with Crippen LogP contribution in [0.1, 0.15) is 16.0 Å². The molecule has 0 unspecified atom stereocenters. The van der Waals surface area contributed by atoms with Crippen LogP contribution in [-0.4, -0.2) is 8.42 Å². The number of halogens is 1. The Hall–Kier alpha value is -1.05. The Balaban J connectivity index is 2.43. The lowest BCUT2D eigenvalue weighted by Gasteiger charge is -2.12. The first-order chi connectivity index (χ1) is 9.20. The molecular weight excluding hydrogens is 360 g/mol. The maximum atomic E-state index is 12.4. The van der Waals surface area contributed by atoms with Gasteiger partial charge in [0.15, 0.2) is 0 Å². The summed E-state index contributed by atoms with van der Waals surface area (Å²) in [6.45, 7) is 5.52. The number of sulfonamides is 1. The van der Waals surface area contributed by atoms with Crippen molar-refractivity contribution >= 4 is 48.7 Å². The van der Waals surface area contributed by atoms with Gasteiger partial charge >= 0.3 is 0 Å². The molecule has 0 spiro atoms. The highest BCUT2D eigenvalue weighted by molar-refractivity contribution is 9.11. The van der Waals surface area contributed by atoms with Gasteiger partial charge in [0.05, 0.1) is 9.47 Å². The van der Waals surface area contributed by atoms with Crippen LogP contribution < -0.4 is 10.5 Å². The third-order valence-electron chi connectivity index (χ3n) is 2.99. The van der Waals surface area contributed by atoms with Gasteiger partial charge in [-0.2, -0.15) is 0 Å². The van der Waals surface area contributed by atoms with Crippen molar-refractivity contribution in [3.05, 3.63) is 38.0 Å². The fourth-order valence-corrected chi connectivity index (χ4v) is 5.41. The van der Waals surface area contributed by atoms with Crippen molar-refractivity contribution in [1.82, 2.24) is 0 Å². The van der Waals surface area contributed by atoms with E-state index in [2.05, 4.69) is 20.7 Å². The fourth-order valence-electron chi connectivity index (χ4n) is 1.88. The minimum Gasteiger partial charge on any atom is -0.398 e. The highest BCUT2D eigenvalue weighted by Gasteiger charge is 2.20. The van der Waals surface area contributed by atoms with Gasteiger partial charge in [0.2, 0.25) is 0 Å². The highest BCUT2D eigenvalue weighted by atomic mass is 79.9. The summed E-state index contributed by atoms with van der Waals surface area (Å²) in [5.74, 6) is 0. The second kappa shape index (κ2) is 5.38. The Bertz CT molecular complexity index is 767. The third-order valence-corrected chi connectivity index (χ3v) is 6.16. The van der Waals surface area contributed by atoms with Crippen LogP contribution in [0, 0.1) is 20.8 Å². The number of anilines is 2. The van der Waals surface area contributed by atoms with Crippen LogP contribution in [0.2, 0.25) is 0 Å². The first-order valence-electron chi connectivity index (χ1n) is 5.86. The minimum atomic E-state index is -3.60. The van der Waals surface area contributed by atoms with Gasteiger partial charge in [-0.3, -0.25) is 4.72 Å². The molecule has 0 saturated carbocycles. The number of rotatable bonds is 3. The Morgan fingerprint density at radius 1 is 1.15 bits per heavy atom. The minimum absolute atomic E-state index is 0.285. The maximum absolute atomic E-state index is 12.4. The highest BCUT2D eigenvalue weighted by Crippen LogP contribution is 2.32. The second-order valence-electron chi connectivity index (χ2n) is 4.60. The van der Waals surface area contributed by atoms with Crippen molar-refractivity contribution < 1.29 is 8.42 Å². The molecule has 4 nitrogen and oxygen atoms in total. The molecule has 1 aromatic carbocycles. The van der Waals surface area contributed by atoms with E-state index in [0.717, 1.165) is 19.8 Å². The first-order valence-corrected chi connectivity index (χ1v) is 8.95. The molecule has 20 heavy (non-hydrogen) atoms. The van der Waals surface area contributed by atoms with E-state index in [4.69, 9.17) is 5.73 Å². The summed E-state index contributed by atoms with van der Waals surface area (Å²) in [7, 11) is -3.60. The zero-order valence-electron chi connectivity index (χ0n) is 11.3. The van der Waals surface area contributed by atoms with Crippen LogP contribution in [0.5, 0.6) is 0 Å². The van der Waals surface area contributed by atoms with E-state index in [-0.39, 0.29) is 4.90 Å². The van der Waals surface area contributed by atoms with Crippen LogP contribution >= 0.6 is 27.3 Å². The average molecular weight is 375 g/mol. The number of nitrogens with one attached hydrogen (secondary N) is 1. The van der Waals surface area contributed by atoms with E-state index < -0.39 is 10.0 Å². The van der Waals surface area contributed by atoms with Crippen LogP contribution in [0.15, 0.2) is 26.9 Å². The van der Waals surface area contributed by atoms with Crippen LogP contribution in [-0.2, 0) is 10.0 Å². The van der Waals surface area contributed by atoms with Crippen molar-refractivity contribution in [3.63, 3.8) is 0 Å². The molecule has 0 fully saturated rings. The molecule has 7 heteroatoms. The molecule has 1 heterocycles. The van der Waals surface area contributed by atoms with Crippen molar-refractivity contribution in [1.29, 1.82) is 0 Å². The number of hydrogen-bond donors (Lipinski definition) is 2. The van der Waals surface area contributed by atoms with Gasteiger partial charge in [0, 0.05) is 10.6 Å². The molecule has 0 amide bonds. The molecule has 2 aromatic rings. The quantitative estimate of drug-likeness (QED) is 0.802. The van der Waals surface area contributed by atoms with Crippen molar-refractivity contribution in [2.45, 2.75) is 25.7 Å². The smallest absolute Gasteiger partial charge is 0.263 e. The number of hydrogen-bond acceptors (Lipinski definition) is 4. The zero-order chi connectivity index (χ0) is 15.1. The molecule has 0 radical (unpaired) electrons. The summed E-state index contributed by atoms with van der Waals surface area (Å²) >= 11 is 4.69. The first kappa shape index (κ1) is 15.3. The summed E-state index contributed by atoms with van der Waals surface area (Å²) in [6.07, 6.45) is 0. The van der Waals surface area contributed by atoms with Crippen LogP contribution in [0.3, 0.4) is 0 Å². The Kier molecular flexibility index (Phi) is 4.13. The standard InChI is InChI=1S/C13H15BrN2O2S2/c1-7-4-8(2)11(5-10(7)15)16-20(17,18)12-6-13(14)19-9(12)3/h4-6,16H,15H2,1-3H3. The lowest BCUT2D eigenvalue weighted by atomic mass is 10.1. The lowest BCUT2D eigenvalue weighted by molar-refractivity contribution is 0.601. The van der Waals surface area contributed by atoms with Gasteiger partial charge in [-0.15, -0.1) is 11.3 Å². The summed E-state index contributed by atoms with van der Waals surface area (Å²) in [4.78, 5) is 1.02. The predicted molar refractivity (Wildman–Crippen MR) is 87.9 cm³/mol. The predicted octanol–water partition coefficient (Wildman–Crippen LogP) is 3.82. The Labute approximate surface area is 131 Å². The molecule has 1 aromatic heterocycles. The summed E-state index contributed by atoms with van der Waals surface area (Å²) < 4.78 is 28.2. The van der Waals surface area contributed by atoms with Gasteiger partial charge in [0.25, 0.3) is 10.0 Å². The van der Waals surface area contributed by atoms with Gasteiger partial charge in [-0.25, -0.2) is 8.42 Å². The number of nitrogens with two attached hydrogens (primary N) is 1. The van der Waals surface area contributed by atoms with Crippen molar-refractivity contribution in [2.24, 2.45) is 0 Å². The monoisotopic (exact) mass is 374 g/mol. The van der Waals surface area contributed by atoms with Crippen LogP contribution in [0.4, 0.5) is 11.4 Å². The number of benzene rings is 1. The molecule has 0 aliphatic heterocycles. The molecule has 0 atom stereocenters.